The third-order valence-electron chi connectivity index (χ3n) is 4.21. The van der Waals surface area contributed by atoms with Crippen molar-refractivity contribution in [3.8, 4) is 0 Å². The number of carbonyl (C=O) groups excluding carboxylic acids is 1. The molecule has 0 radical (unpaired) electrons. The van der Waals surface area contributed by atoms with Gasteiger partial charge in [-0.3, -0.25) is 9.69 Å². The molecule has 2 N–H and O–H groups in total. The van der Waals surface area contributed by atoms with Gasteiger partial charge in [0.05, 0.1) is 6.04 Å². The molecule has 6 heteroatoms. The molecule has 20 heavy (non-hydrogen) atoms. The number of halogens is 2. The van der Waals surface area contributed by atoms with E-state index in [2.05, 4.69) is 22.5 Å². The molecule has 0 aliphatic carbocycles. The SMILES string of the molecule is CC(C(=O)N[C@H]1CCCNC1)N1CCCCCC1.Cl.Cl. The lowest BCUT2D eigenvalue weighted by atomic mass is 10.1. The first-order chi connectivity index (χ1) is 8.77. The quantitative estimate of drug-likeness (QED) is 0.833. The third kappa shape index (κ3) is 6.17. The Balaban J connectivity index is 0.00000180. The molecule has 2 atom stereocenters. The van der Waals surface area contributed by atoms with E-state index >= 15 is 0 Å². The predicted molar refractivity (Wildman–Crippen MR) is 88.0 cm³/mol. The Morgan fingerprint density at radius 3 is 2.35 bits per heavy atom. The molecule has 0 aromatic heterocycles. The highest BCUT2D eigenvalue weighted by molar-refractivity contribution is 5.85. The summed E-state index contributed by atoms with van der Waals surface area (Å²) in [6.45, 7) is 6.23. The lowest BCUT2D eigenvalue weighted by Crippen LogP contribution is -2.52. The standard InChI is InChI=1S/C14H27N3O.2ClH/c1-12(17-9-4-2-3-5-10-17)14(18)16-13-7-6-8-15-11-13;;/h12-13,15H,2-11H2,1H3,(H,16,18);2*1H/t12?,13-;;/m0../s1. The smallest absolute Gasteiger partial charge is 0.237 e. The summed E-state index contributed by atoms with van der Waals surface area (Å²) in [6, 6.07) is 0.366. The molecule has 2 rings (SSSR count). The lowest BCUT2D eigenvalue weighted by molar-refractivity contribution is -0.126. The molecule has 0 bridgehead atoms. The molecular formula is C14H29Cl2N3O. The summed E-state index contributed by atoms with van der Waals surface area (Å²) in [4.78, 5) is 14.6. The Bertz CT molecular complexity index is 265. The fraction of sp³-hybridized carbons (Fsp3) is 0.929. The Morgan fingerprint density at radius 1 is 1.15 bits per heavy atom. The molecule has 2 aliphatic heterocycles. The average molecular weight is 326 g/mol. The van der Waals surface area contributed by atoms with Crippen molar-refractivity contribution in [3.63, 3.8) is 0 Å². The zero-order valence-corrected chi connectivity index (χ0v) is 14.0. The van der Waals surface area contributed by atoms with Crippen LogP contribution in [0, 0.1) is 0 Å². The largest absolute Gasteiger partial charge is 0.351 e. The monoisotopic (exact) mass is 325 g/mol. The van der Waals surface area contributed by atoms with Crippen LogP contribution >= 0.6 is 24.8 Å². The first-order valence-corrected chi connectivity index (χ1v) is 7.52. The summed E-state index contributed by atoms with van der Waals surface area (Å²) >= 11 is 0. The van der Waals surface area contributed by atoms with E-state index in [0.717, 1.165) is 32.6 Å². The van der Waals surface area contributed by atoms with Gasteiger partial charge in [0, 0.05) is 12.6 Å². The Morgan fingerprint density at radius 2 is 1.80 bits per heavy atom. The van der Waals surface area contributed by atoms with Crippen LogP contribution in [-0.2, 0) is 4.79 Å². The second-order valence-corrected chi connectivity index (χ2v) is 5.68. The highest BCUT2D eigenvalue weighted by atomic mass is 35.5. The predicted octanol–water partition coefficient (Wildman–Crippen LogP) is 1.96. The van der Waals surface area contributed by atoms with Crippen LogP contribution in [0.5, 0.6) is 0 Å². The molecule has 2 aliphatic rings. The lowest BCUT2D eigenvalue weighted by Gasteiger charge is -2.30. The van der Waals surface area contributed by atoms with E-state index in [4.69, 9.17) is 0 Å². The van der Waals surface area contributed by atoms with Crippen molar-refractivity contribution in [3.05, 3.63) is 0 Å². The summed E-state index contributed by atoms with van der Waals surface area (Å²) in [5.74, 6) is 0.214. The normalized spacial score (nSPS) is 25.6. The van der Waals surface area contributed by atoms with Crippen LogP contribution in [0.25, 0.3) is 0 Å². The summed E-state index contributed by atoms with van der Waals surface area (Å²) in [7, 11) is 0. The van der Waals surface area contributed by atoms with E-state index in [1.807, 2.05) is 0 Å². The minimum atomic E-state index is 0. The molecule has 2 saturated heterocycles. The molecule has 1 unspecified atom stereocenters. The van der Waals surface area contributed by atoms with Crippen LogP contribution in [0.2, 0.25) is 0 Å². The fourth-order valence-electron chi connectivity index (χ4n) is 2.95. The number of hydrogen-bond donors (Lipinski definition) is 2. The molecule has 4 nitrogen and oxygen atoms in total. The van der Waals surface area contributed by atoms with Gasteiger partial charge in [-0.1, -0.05) is 12.8 Å². The van der Waals surface area contributed by atoms with Gasteiger partial charge in [0.2, 0.25) is 5.91 Å². The molecule has 0 saturated carbocycles. The fourth-order valence-corrected chi connectivity index (χ4v) is 2.95. The van der Waals surface area contributed by atoms with Crippen molar-refractivity contribution in [1.82, 2.24) is 15.5 Å². The Hall–Kier alpha value is -0.0300. The van der Waals surface area contributed by atoms with Crippen molar-refractivity contribution in [1.29, 1.82) is 0 Å². The van der Waals surface area contributed by atoms with Gasteiger partial charge in [0.25, 0.3) is 0 Å². The van der Waals surface area contributed by atoms with Gasteiger partial charge in [-0.15, -0.1) is 24.8 Å². The van der Waals surface area contributed by atoms with Gasteiger partial charge >= 0.3 is 0 Å². The van der Waals surface area contributed by atoms with Gasteiger partial charge in [-0.05, 0) is 52.2 Å². The second kappa shape index (κ2) is 10.7. The molecule has 0 spiro atoms. The Labute approximate surface area is 135 Å². The highest BCUT2D eigenvalue weighted by Gasteiger charge is 2.24. The van der Waals surface area contributed by atoms with E-state index in [9.17, 15) is 4.79 Å². The van der Waals surface area contributed by atoms with E-state index in [1.54, 1.807) is 0 Å². The maximum absolute atomic E-state index is 12.2. The van der Waals surface area contributed by atoms with E-state index in [-0.39, 0.29) is 36.8 Å². The number of nitrogens with zero attached hydrogens (tertiary/aromatic N) is 1. The molecule has 0 aromatic carbocycles. The minimum Gasteiger partial charge on any atom is -0.351 e. The molecular weight excluding hydrogens is 297 g/mol. The molecule has 1 amide bonds. The number of carbonyl (C=O) groups is 1. The first kappa shape index (κ1) is 20.0. The average Bonchev–Trinajstić information content (AvgIpc) is 2.68. The van der Waals surface area contributed by atoms with E-state index in [0.29, 0.717) is 6.04 Å². The minimum absolute atomic E-state index is 0. The molecule has 2 fully saturated rings. The summed E-state index contributed by atoms with van der Waals surface area (Å²) in [5, 5.41) is 6.53. The van der Waals surface area contributed by atoms with Crippen molar-refractivity contribution >= 4 is 30.7 Å². The van der Waals surface area contributed by atoms with Gasteiger partial charge in [-0.25, -0.2) is 0 Å². The van der Waals surface area contributed by atoms with Crippen molar-refractivity contribution in [2.75, 3.05) is 26.2 Å². The van der Waals surface area contributed by atoms with Gasteiger partial charge in [0.1, 0.15) is 0 Å². The summed E-state index contributed by atoms with van der Waals surface area (Å²) in [6.07, 6.45) is 7.40. The zero-order chi connectivity index (χ0) is 12.8. The van der Waals surface area contributed by atoms with Crippen molar-refractivity contribution in [2.24, 2.45) is 0 Å². The highest BCUT2D eigenvalue weighted by Crippen LogP contribution is 2.13. The number of amides is 1. The van der Waals surface area contributed by atoms with Crippen LogP contribution in [0.15, 0.2) is 0 Å². The maximum Gasteiger partial charge on any atom is 0.237 e. The molecule has 120 valence electrons. The van der Waals surface area contributed by atoms with Crippen molar-refractivity contribution < 1.29 is 4.79 Å². The first-order valence-electron chi connectivity index (χ1n) is 7.52. The number of likely N-dealkylation sites (tertiary alicyclic amines) is 1. The Kier molecular flexibility index (Phi) is 10.6. The van der Waals surface area contributed by atoms with Gasteiger partial charge in [0.15, 0.2) is 0 Å². The van der Waals surface area contributed by atoms with E-state index < -0.39 is 0 Å². The second-order valence-electron chi connectivity index (χ2n) is 5.68. The van der Waals surface area contributed by atoms with Crippen LogP contribution in [0.4, 0.5) is 0 Å². The topological polar surface area (TPSA) is 44.4 Å². The number of hydrogen-bond acceptors (Lipinski definition) is 3. The molecule has 2 heterocycles. The number of nitrogens with one attached hydrogen (secondary N) is 2. The van der Waals surface area contributed by atoms with Crippen molar-refractivity contribution in [2.45, 2.75) is 57.5 Å². The summed E-state index contributed by atoms with van der Waals surface area (Å²) < 4.78 is 0. The maximum atomic E-state index is 12.2. The van der Waals surface area contributed by atoms with Gasteiger partial charge < -0.3 is 10.6 Å². The zero-order valence-electron chi connectivity index (χ0n) is 12.4. The van der Waals surface area contributed by atoms with Crippen LogP contribution in [0.3, 0.4) is 0 Å². The number of piperidine rings is 1. The van der Waals surface area contributed by atoms with E-state index in [1.165, 1.54) is 32.1 Å². The molecule has 0 aromatic rings. The van der Waals surface area contributed by atoms with Crippen LogP contribution < -0.4 is 10.6 Å². The van der Waals surface area contributed by atoms with Crippen LogP contribution in [0.1, 0.15) is 45.4 Å². The number of rotatable bonds is 3. The summed E-state index contributed by atoms with van der Waals surface area (Å²) in [5.41, 5.74) is 0. The van der Waals surface area contributed by atoms with Crippen LogP contribution in [-0.4, -0.2) is 49.1 Å². The van der Waals surface area contributed by atoms with Gasteiger partial charge in [-0.2, -0.15) is 0 Å². The third-order valence-corrected chi connectivity index (χ3v) is 4.21.